The molecule has 0 radical (unpaired) electrons. The second kappa shape index (κ2) is 15.1. The first-order valence-electron chi connectivity index (χ1n) is 18.1. The third-order valence-electron chi connectivity index (χ3n) is 9.88. The van der Waals surface area contributed by atoms with E-state index in [-0.39, 0.29) is 18.0 Å². The highest BCUT2D eigenvalue weighted by molar-refractivity contribution is 6.11. The topological polar surface area (TPSA) is 115 Å². The average Bonchev–Trinajstić information content (AvgIpc) is 3.47. The summed E-state index contributed by atoms with van der Waals surface area (Å²) in [5.74, 6) is -0.708. The zero-order valence-electron chi connectivity index (χ0n) is 30.0. The monoisotopic (exact) mass is 715 g/mol. The molecule has 3 aliphatic rings. The number of anilines is 3. The fraction of sp³-hybridized carbons (Fsp3) is 0.462. The number of carbonyl (C=O) groups is 2. The zero-order valence-corrected chi connectivity index (χ0v) is 30.0. The normalized spacial score (nSPS) is 17.6. The number of H-pyrrole nitrogens is 1. The molecule has 52 heavy (non-hydrogen) atoms. The molecule has 4 heterocycles. The van der Waals surface area contributed by atoms with Gasteiger partial charge in [0.25, 0.3) is 5.91 Å². The maximum Gasteiger partial charge on any atom is 0.410 e. The van der Waals surface area contributed by atoms with Gasteiger partial charge in [0.1, 0.15) is 17.2 Å². The highest BCUT2D eigenvalue weighted by Gasteiger charge is 2.35. The van der Waals surface area contributed by atoms with Crippen molar-refractivity contribution >= 4 is 40.1 Å². The Morgan fingerprint density at radius 2 is 1.67 bits per heavy atom. The fourth-order valence-electron chi connectivity index (χ4n) is 7.21. The summed E-state index contributed by atoms with van der Waals surface area (Å²) < 4.78 is 38.7. The van der Waals surface area contributed by atoms with Gasteiger partial charge in [0.05, 0.1) is 11.1 Å². The van der Waals surface area contributed by atoms with Crippen LogP contribution in [0.2, 0.25) is 0 Å². The first-order valence-corrected chi connectivity index (χ1v) is 18.1. The Bertz CT molecular complexity index is 1890. The molecule has 3 N–H and O–H groups in total. The molecule has 3 fully saturated rings. The van der Waals surface area contributed by atoms with Gasteiger partial charge in [-0.3, -0.25) is 14.8 Å². The number of aromatic nitrogens is 2. The molecular formula is C39H47F2N7O4. The summed E-state index contributed by atoms with van der Waals surface area (Å²) in [6.45, 7) is 12.9. The third-order valence-corrected chi connectivity index (χ3v) is 9.88. The number of hydrogen-bond donors (Lipinski definition) is 3. The predicted molar refractivity (Wildman–Crippen MR) is 197 cm³/mol. The van der Waals surface area contributed by atoms with E-state index < -0.39 is 17.2 Å². The van der Waals surface area contributed by atoms with E-state index in [4.69, 9.17) is 9.47 Å². The molecule has 3 aliphatic heterocycles. The molecule has 13 heteroatoms. The van der Waals surface area contributed by atoms with Gasteiger partial charge in [0.15, 0.2) is 5.82 Å². The van der Waals surface area contributed by atoms with Crippen LogP contribution in [0.1, 0.15) is 55.1 Å². The van der Waals surface area contributed by atoms with E-state index in [1.807, 2.05) is 51.1 Å². The van der Waals surface area contributed by atoms with Gasteiger partial charge >= 0.3 is 6.09 Å². The number of ether oxygens (including phenoxy) is 2. The Morgan fingerprint density at radius 3 is 2.38 bits per heavy atom. The molecule has 1 aromatic heterocycles. The van der Waals surface area contributed by atoms with Crippen molar-refractivity contribution in [3.8, 4) is 0 Å². The quantitative estimate of drug-likeness (QED) is 0.186. The molecular weight excluding hydrogens is 668 g/mol. The molecule has 0 saturated carbocycles. The Balaban J connectivity index is 1.01. The summed E-state index contributed by atoms with van der Waals surface area (Å²) in [7, 11) is 0. The van der Waals surface area contributed by atoms with Crippen LogP contribution >= 0.6 is 0 Å². The van der Waals surface area contributed by atoms with Crippen LogP contribution in [-0.4, -0.2) is 103 Å². The number of piperazine rings is 1. The van der Waals surface area contributed by atoms with Gasteiger partial charge in [-0.1, -0.05) is 6.07 Å². The summed E-state index contributed by atoms with van der Waals surface area (Å²) in [4.78, 5) is 32.8. The second-order valence-corrected chi connectivity index (χ2v) is 15.2. The van der Waals surface area contributed by atoms with Crippen molar-refractivity contribution in [3.63, 3.8) is 0 Å². The van der Waals surface area contributed by atoms with Gasteiger partial charge in [0, 0.05) is 93.8 Å². The van der Waals surface area contributed by atoms with E-state index in [9.17, 15) is 18.4 Å². The number of carbonyl (C=O) groups excluding carboxylic acids is 2. The second-order valence-electron chi connectivity index (χ2n) is 15.2. The molecule has 0 unspecified atom stereocenters. The van der Waals surface area contributed by atoms with Crippen molar-refractivity contribution in [2.24, 2.45) is 5.92 Å². The molecule has 2 amide bonds. The minimum Gasteiger partial charge on any atom is -0.444 e. The van der Waals surface area contributed by atoms with Crippen LogP contribution in [0.5, 0.6) is 0 Å². The molecule has 3 aromatic carbocycles. The van der Waals surface area contributed by atoms with E-state index in [0.29, 0.717) is 47.9 Å². The van der Waals surface area contributed by atoms with E-state index in [0.717, 1.165) is 87.2 Å². The third kappa shape index (κ3) is 8.64. The number of nitrogens with zero attached hydrogens (tertiary/aromatic N) is 4. The van der Waals surface area contributed by atoms with Crippen LogP contribution in [0.15, 0.2) is 54.6 Å². The van der Waals surface area contributed by atoms with Crippen LogP contribution in [-0.2, 0) is 15.9 Å². The highest BCUT2D eigenvalue weighted by atomic mass is 19.1. The van der Waals surface area contributed by atoms with Crippen molar-refractivity contribution in [3.05, 3.63) is 82.9 Å². The SMILES string of the molecule is CC(C)(C)OC(=O)N1CC(CN2CCN(c3ccc(C(=O)Nc4n[nH]c5ccc(Cc6cc(F)cc(F)c6)cc45)c(NC4CCOCC4)c3)CC2)C1. The van der Waals surface area contributed by atoms with Crippen molar-refractivity contribution in [1.82, 2.24) is 20.0 Å². The molecule has 11 nitrogen and oxygen atoms in total. The zero-order chi connectivity index (χ0) is 36.4. The summed E-state index contributed by atoms with van der Waals surface area (Å²) in [5, 5.41) is 14.7. The number of fused-ring (bicyclic) bond motifs is 1. The summed E-state index contributed by atoms with van der Waals surface area (Å²) in [6.07, 6.45) is 1.78. The maximum atomic E-state index is 13.9. The lowest BCUT2D eigenvalue weighted by atomic mass is 9.99. The number of nitrogens with one attached hydrogen (secondary N) is 3. The molecule has 0 spiro atoms. The van der Waals surface area contributed by atoms with E-state index >= 15 is 0 Å². The van der Waals surface area contributed by atoms with E-state index in [2.05, 4.69) is 36.7 Å². The number of aromatic amines is 1. The Morgan fingerprint density at radius 1 is 0.942 bits per heavy atom. The van der Waals surface area contributed by atoms with Crippen LogP contribution in [0, 0.1) is 17.6 Å². The summed E-state index contributed by atoms with van der Waals surface area (Å²) in [6, 6.07) is 15.2. The molecule has 3 saturated heterocycles. The lowest BCUT2D eigenvalue weighted by molar-refractivity contribution is -0.00658. The largest absolute Gasteiger partial charge is 0.444 e. The number of amides is 2. The first-order chi connectivity index (χ1) is 25.0. The van der Waals surface area contributed by atoms with Gasteiger partial charge in [-0.25, -0.2) is 13.6 Å². The Kier molecular flexibility index (Phi) is 10.3. The summed E-state index contributed by atoms with van der Waals surface area (Å²) in [5.41, 5.74) is 3.91. The number of likely N-dealkylation sites (tertiary alicyclic amines) is 1. The van der Waals surface area contributed by atoms with Gasteiger partial charge in [0.2, 0.25) is 0 Å². The van der Waals surface area contributed by atoms with E-state index in [1.165, 1.54) is 12.1 Å². The van der Waals surface area contributed by atoms with Crippen LogP contribution < -0.4 is 15.5 Å². The van der Waals surface area contributed by atoms with Crippen molar-refractivity contribution in [2.45, 2.75) is 51.7 Å². The van der Waals surface area contributed by atoms with E-state index in [1.54, 1.807) is 4.90 Å². The van der Waals surface area contributed by atoms with Crippen LogP contribution in [0.3, 0.4) is 0 Å². The lowest BCUT2D eigenvalue weighted by Gasteiger charge is -2.44. The number of rotatable bonds is 9. The molecule has 0 bridgehead atoms. The van der Waals surface area contributed by atoms with Crippen molar-refractivity contribution in [1.29, 1.82) is 0 Å². The molecule has 4 aromatic rings. The Hall–Kier alpha value is -4.75. The maximum absolute atomic E-state index is 13.9. The molecule has 276 valence electrons. The fourth-order valence-corrected chi connectivity index (χ4v) is 7.21. The van der Waals surface area contributed by atoms with Gasteiger partial charge in [-0.05, 0) is 93.6 Å². The van der Waals surface area contributed by atoms with Crippen LogP contribution in [0.4, 0.5) is 30.8 Å². The minimum atomic E-state index is -0.621. The molecule has 7 rings (SSSR count). The van der Waals surface area contributed by atoms with Crippen LogP contribution in [0.25, 0.3) is 10.9 Å². The predicted octanol–water partition coefficient (Wildman–Crippen LogP) is 6.26. The van der Waals surface area contributed by atoms with Gasteiger partial charge < -0.3 is 29.9 Å². The van der Waals surface area contributed by atoms with Crippen molar-refractivity contribution in [2.75, 3.05) is 74.6 Å². The molecule has 0 aliphatic carbocycles. The molecule has 0 atom stereocenters. The van der Waals surface area contributed by atoms with Crippen molar-refractivity contribution < 1.29 is 27.8 Å². The number of hydrogen-bond acceptors (Lipinski definition) is 8. The Labute approximate surface area is 302 Å². The highest BCUT2D eigenvalue weighted by Crippen LogP contribution is 2.30. The number of benzene rings is 3. The smallest absolute Gasteiger partial charge is 0.410 e. The van der Waals surface area contributed by atoms with Gasteiger partial charge in [-0.15, -0.1) is 0 Å². The summed E-state index contributed by atoms with van der Waals surface area (Å²) >= 11 is 0. The standard InChI is InChI=1S/C39H47F2N7O4/c1-39(2,3)52-38(50)48-23-27(24-48)22-46-10-12-47(13-11-46)31-5-6-32(35(21-31)42-30-8-14-51-15-9-30)37(49)43-36-33-19-25(4-7-34(33)44-45-36)16-26-17-28(40)20-29(41)18-26/h4-7,17-21,27,30,42H,8-16,22-24H2,1-3H3,(H2,43,44,45,49). The minimum absolute atomic E-state index is 0.177. The average molecular weight is 716 g/mol. The lowest BCUT2D eigenvalue weighted by Crippen LogP contribution is -2.57. The van der Waals surface area contributed by atoms with Gasteiger partial charge in [-0.2, -0.15) is 5.10 Å². The number of halogens is 2. The first kappa shape index (κ1) is 35.6.